The van der Waals surface area contributed by atoms with Gasteiger partial charge in [0.05, 0.1) is 17.8 Å². The van der Waals surface area contributed by atoms with Gasteiger partial charge in [0, 0.05) is 43.7 Å². The Bertz CT molecular complexity index is 1140. The molecule has 0 radical (unpaired) electrons. The van der Waals surface area contributed by atoms with E-state index in [9.17, 15) is 18.8 Å². The molecule has 9 nitrogen and oxygen atoms in total. The zero-order valence-corrected chi connectivity index (χ0v) is 20.0. The number of nitrogens with zero attached hydrogens (tertiary/aromatic N) is 3. The number of carbonyl (C=O) groups is 3. The molecule has 0 saturated carbocycles. The molecular weight excluding hydrogens is 453 g/mol. The highest BCUT2D eigenvalue weighted by Crippen LogP contribution is 2.28. The Labute approximate surface area is 203 Å². The predicted molar refractivity (Wildman–Crippen MR) is 132 cm³/mol. The van der Waals surface area contributed by atoms with Gasteiger partial charge in [0.15, 0.2) is 0 Å². The molecule has 2 aromatic heterocycles. The molecule has 4 rings (SSSR count). The normalized spacial score (nSPS) is 11.8. The maximum Gasteiger partial charge on any atom is 0.414 e. The zero-order chi connectivity index (χ0) is 25.8. The summed E-state index contributed by atoms with van der Waals surface area (Å²) in [5.74, 6) is -0.466. The smallest absolute Gasteiger partial charge is 0.414 e. The number of aromatic nitrogens is 2. The van der Waals surface area contributed by atoms with Crippen LogP contribution in [-0.4, -0.2) is 48.1 Å². The van der Waals surface area contributed by atoms with Crippen LogP contribution in [0.25, 0.3) is 11.1 Å². The Morgan fingerprint density at radius 2 is 1.86 bits per heavy atom. The molecule has 10 heteroatoms. The maximum absolute atomic E-state index is 14.6. The van der Waals surface area contributed by atoms with E-state index in [0.29, 0.717) is 41.3 Å². The maximum atomic E-state index is 14.6. The Morgan fingerprint density at radius 3 is 2.37 bits per heavy atom. The van der Waals surface area contributed by atoms with Crippen LogP contribution in [0.3, 0.4) is 0 Å². The number of carbonyl (C=O) groups excluding carboxylic acids is 3. The number of hydrogen-bond acceptors (Lipinski definition) is 6. The van der Waals surface area contributed by atoms with Gasteiger partial charge in [-0.2, -0.15) is 0 Å². The van der Waals surface area contributed by atoms with Gasteiger partial charge >= 0.3 is 6.09 Å². The van der Waals surface area contributed by atoms with Gasteiger partial charge in [0.2, 0.25) is 5.91 Å². The van der Waals surface area contributed by atoms with Crippen LogP contribution in [0.1, 0.15) is 31.1 Å². The zero-order valence-electron chi connectivity index (χ0n) is 20.0. The van der Waals surface area contributed by atoms with Gasteiger partial charge in [-0.3, -0.25) is 19.5 Å². The minimum atomic E-state index is -0.484. The first kappa shape index (κ1) is 26.9. The first-order valence-electron chi connectivity index (χ1n) is 11.0. The van der Waals surface area contributed by atoms with Crippen LogP contribution in [0.4, 0.5) is 20.7 Å². The molecule has 3 heterocycles. The fraction of sp³-hybridized carbons (Fsp3) is 0.240. The molecule has 1 aromatic carbocycles. The van der Waals surface area contributed by atoms with E-state index in [4.69, 9.17) is 4.74 Å². The summed E-state index contributed by atoms with van der Waals surface area (Å²) in [6, 6.07) is 11.1. The van der Waals surface area contributed by atoms with Crippen molar-refractivity contribution in [1.82, 2.24) is 15.3 Å². The number of hydrogen-bond donors (Lipinski definition) is 2. The van der Waals surface area contributed by atoms with E-state index in [-0.39, 0.29) is 11.8 Å². The van der Waals surface area contributed by atoms with Crippen LogP contribution in [0.5, 0.6) is 0 Å². The SMILES string of the molecule is CC.CNC(C)=O.O=C(Nc1ccc(-c2ccc(N3CCOC3=O)cc2F)cn1)c1cccnc1. The van der Waals surface area contributed by atoms with Crippen molar-refractivity contribution in [2.75, 3.05) is 30.4 Å². The molecule has 1 saturated heterocycles. The topological polar surface area (TPSA) is 114 Å². The van der Waals surface area contributed by atoms with Gasteiger partial charge in [0.1, 0.15) is 18.2 Å². The average molecular weight is 482 g/mol. The second kappa shape index (κ2) is 13.4. The summed E-state index contributed by atoms with van der Waals surface area (Å²) in [7, 11) is 1.60. The van der Waals surface area contributed by atoms with Crippen LogP contribution in [0.15, 0.2) is 61.1 Å². The lowest BCUT2D eigenvalue weighted by molar-refractivity contribution is -0.118. The van der Waals surface area contributed by atoms with Crippen molar-refractivity contribution < 1.29 is 23.5 Å². The molecule has 3 amide bonds. The molecule has 184 valence electrons. The number of nitrogens with one attached hydrogen (secondary N) is 2. The highest BCUT2D eigenvalue weighted by molar-refractivity contribution is 6.03. The quantitative estimate of drug-likeness (QED) is 0.575. The van der Waals surface area contributed by atoms with E-state index < -0.39 is 11.9 Å². The van der Waals surface area contributed by atoms with Crippen molar-refractivity contribution >= 4 is 29.4 Å². The molecule has 1 fully saturated rings. The number of halogens is 1. The number of benzene rings is 1. The molecule has 1 aliphatic rings. The van der Waals surface area contributed by atoms with Crippen LogP contribution in [0.2, 0.25) is 0 Å². The highest BCUT2D eigenvalue weighted by atomic mass is 19.1. The number of amides is 3. The van der Waals surface area contributed by atoms with Gasteiger partial charge in [-0.05, 0) is 42.5 Å². The standard InChI is InChI=1S/C20H15FN4O3.C3H7NO.C2H6/c21-17-10-15(25-8-9-28-20(25)27)4-5-16(17)13-3-6-18(23-12-13)24-19(26)14-2-1-7-22-11-14;1-3(5)4-2;1-2/h1-7,10-12H,8-9H2,(H,23,24,26);1-2H3,(H,4,5);1-2H3. The van der Waals surface area contributed by atoms with Crippen molar-refractivity contribution in [1.29, 1.82) is 0 Å². The van der Waals surface area contributed by atoms with Crippen LogP contribution >= 0.6 is 0 Å². The van der Waals surface area contributed by atoms with Crippen molar-refractivity contribution in [3.63, 3.8) is 0 Å². The second-order valence-corrected chi connectivity index (χ2v) is 6.86. The van der Waals surface area contributed by atoms with Crippen molar-refractivity contribution in [2.45, 2.75) is 20.8 Å². The number of cyclic esters (lactones) is 1. The molecule has 0 bridgehead atoms. The molecule has 0 spiro atoms. The lowest BCUT2D eigenvalue weighted by atomic mass is 10.1. The molecule has 0 aliphatic carbocycles. The highest BCUT2D eigenvalue weighted by Gasteiger charge is 2.24. The summed E-state index contributed by atoms with van der Waals surface area (Å²) < 4.78 is 19.4. The van der Waals surface area contributed by atoms with Gasteiger partial charge in [-0.1, -0.05) is 13.8 Å². The minimum absolute atomic E-state index is 0.00463. The third kappa shape index (κ3) is 7.60. The second-order valence-electron chi connectivity index (χ2n) is 6.86. The summed E-state index contributed by atoms with van der Waals surface area (Å²) >= 11 is 0. The van der Waals surface area contributed by atoms with E-state index in [1.807, 2.05) is 13.8 Å². The third-order valence-electron chi connectivity index (χ3n) is 4.62. The van der Waals surface area contributed by atoms with Crippen LogP contribution in [0, 0.1) is 5.82 Å². The fourth-order valence-corrected chi connectivity index (χ4v) is 2.85. The number of rotatable bonds is 4. The van der Waals surface area contributed by atoms with Crippen molar-refractivity contribution in [2.24, 2.45) is 0 Å². The molecule has 3 aromatic rings. The fourth-order valence-electron chi connectivity index (χ4n) is 2.85. The Morgan fingerprint density at radius 1 is 1.11 bits per heavy atom. The summed E-state index contributed by atoms with van der Waals surface area (Å²) in [4.78, 5) is 42.9. The van der Waals surface area contributed by atoms with Gasteiger partial charge in [-0.25, -0.2) is 14.2 Å². The van der Waals surface area contributed by atoms with E-state index in [2.05, 4.69) is 20.6 Å². The number of anilines is 2. The first-order chi connectivity index (χ1) is 16.9. The lowest BCUT2D eigenvalue weighted by Crippen LogP contribution is -2.23. The Kier molecular flexibility index (Phi) is 10.3. The van der Waals surface area contributed by atoms with E-state index in [1.54, 1.807) is 49.6 Å². The largest absolute Gasteiger partial charge is 0.447 e. The van der Waals surface area contributed by atoms with Crippen molar-refractivity contribution in [3.8, 4) is 11.1 Å². The molecule has 35 heavy (non-hydrogen) atoms. The lowest BCUT2D eigenvalue weighted by Gasteiger charge is -2.14. The first-order valence-corrected chi connectivity index (χ1v) is 11.0. The van der Waals surface area contributed by atoms with Gasteiger partial charge in [-0.15, -0.1) is 0 Å². The molecule has 1 aliphatic heterocycles. The summed E-state index contributed by atoms with van der Waals surface area (Å²) in [6.07, 6.45) is 4.02. The minimum Gasteiger partial charge on any atom is -0.447 e. The average Bonchev–Trinajstić information content (AvgIpc) is 3.32. The summed E-state index contributed by atoms with van der Waals surface area (Å²) in [5.41, 5.74) is 1.74. The van der Waals surface area contributed by atoms with Crippen LogP contribution < -0.4 is 15.5 Å². The van der Waals surface area contributed by atoms with E-state index in [1.165, 1.54) is 30.3 Å². The van der Waals surface area contributed by atoms with E-state index in [0.717, 1.165) is 0 Å². The Balaban J connectivity index is 0.000000551. The number of ether oxygens (including phenoxy) is 1. The number of pyridine rings is 2. The Hall–Kier alpha value is -4.34. The summed E-state index contributed by atoms with van der Waals surface area (Å²) in [5, 5.41) is 5.05. The predicted octanol–water partition coefficient (Wildman–Crippen LogP) is 4.27. The molecule has 0 unspecified atom stereocenters. The third-order valence-corrected chi connectivity index (χ3v) is 4.62. The molecular formula is C25H28FN5O4. The van der Waals surface area contributed by atoms with Crippen molar-refractivity contribution in [3.05, 3.63) is 72.4 Å². The van der Waals surface area contributed by atoms with Gasteiger partial charge < -0.3 is 15.4 Å². The van der Waals surface area contributed by atoms with Gasteiger partial charge in [0.25, 0.3) is 5.91 Å². The monoisotopic (exact) mass is 481 g/mol. The molecule has 0 atom stereocenters. The van der Waals surface area contributed by atoms with E-state index >= 15 is 0 Å². The molecule has 2 N–H and O–H groups in total. The summed E-state index contributed by atoms with van der Waals surface area (Å²) in [6.45, 7) is 6.16. The van der Waals surface area contributed by atoms with Crippen LogP contribution in [-0.2, 0) is 9.53 Å².